The Labute approximate surface area is 196 Å². The quantitative estimate of drug-likeness (QED) is 0.621. The summed E-state index contributed by atoms with van der Waals surface area (Å²) in [5, 5.41) is 3.07. The molecule has 1 aliphatic rings. The molecule has 0 spiro atoms. The molecule has 33 heavy (non-hydrogen) atoms. The molecule has 3 rings (SSSR count). The first-order valence-electron chi connectivity index (χ1n) is 11.6. The van der Waals surface area contributed by atoms with Gasteiger partial charge in [-0.05, 0) is 55.8 Å². The van der Waals surface area contributed by atoms with E-state index in [1.807, 2.05) is 18.2 Å². The molecule has 1 N–H and O–H groups in total. The number of likely N-dealkylation sites (tertiary alicyclic amines) is 1. The number of carbonyl (C=O) groups excluding carboxylic acids is 2. The number of piperidine rings is 1. The van der Waals surface area contributed by atoms with E-state index in [2.05, 4.69) is 30.1 Å². The second kappa shape index (κ2) is 11.7. The molecule has 7 nitrogen and oxygen atoms in total. The van der Waals surface area contributed by atoms with E-state index in [-0.39, 0.29) is 17.7 Å². The van der Waals surface area contributed by atoms with Crippen molar-refractivity contribution in [3.05, 3.63) is 53.6 Å². The van der Waals surface area contributed by atoms with Crippen LogP contribution < -0.4 is 14.8 Å². The summed E-state index contributed by atoms with van der Waals surface area (Å²) in [5.41, 5.74) is 2.54. The number of amides is 2. The predicted octanol–water partition coefficient (Wildman–Crippen LogP) is 4.04. The summed E-state index contributed by atoms with van der Waals surface area (Å²) in [7, 11) is 3.12. The van der Waals surface area contributed by atoms with E-state index >= 15 is 0 Å². The Morgan fingerprint density at radius 3 is 2.21 bits per heavy atom. The summed E-state index contributed by atoms with van der Waals surface area (Å²) in [6.45, 7) is 8.23. The molecule has 0 bridgehead atoms. The minimum Gasteiger partial charge on any atom is -0.497 e. The van der Waals surface area contributed by atoms with Gasteiger partial charge in [-0.15, -0.1) is 0 Å². The van der Waals surface area contributed by atoms with Gasteiger partial charge in [0.05, 0.1) is 14.2 Å². The highest BCUT2D eigenvalue weighted by Gasteiger charge is 2.28. The Balaban J connectivity index is 1.57. The highest BCUT2D eigenvalue weighted by Crippen LogP contribution is 2.26. The van der Waals surface area contributed by atoms with Crippen LogP contribution in [0.3, 0.4) is 0 Å². The SMILES string of the molecule is CCN(CC)Cc1cccc(NC(=O)C2CCN(C(=O)c3cc(OC)cc(OC)c3)CC2)c1. The Kier molecular flexibility index (Phi) is 8.72. The zero-order valence-corrected chi connectivity index (χ0v) is 20.1. The van der Waals surface area contributed by atoms with Crippen LogP contribution in [-0.2, 0) is 11.3 Å². The van der Waals surface area contributed by atoms with Crippen molar-refractivity contribution in [3.8, 4) is 11.5 Å². The van der Waals surface area contributed by atoms with Crippen LogP contribution in [0, 0.1) is 5.92 Å². The average molecular weight is 454 g/mol. The molecule has 2 aromatic rings. The van der Waals surface area contributed by atoms with Gasteiger partial charge in [0.25, 0.3) is 5.91 Å². The normalized spacial score (nSPS) is 14.3. The maximum Gasteiger partial charge on any atom is 0.254 e. The molecule has 0 radical (unpaired) electrons. The third kappa shape index (κ3) is 6.48. The highest BCUT2D eigenvalue weighted by atomic mass is 16.5. The Morgan fingerprint density at radius 1 is 1.00 bits per heavy atom. The lowest BCUT2D eigenvalue weighted by molar-refractivity contribution is -0.121. The highest BCUT2D eigenvalue weighted by molar-refractivity contribution is 5.96. The molecule has 0 atom stereocenters. The summed E-state index contributed by atoms with van der Waals surface area (Å²) < 4.78 is 10.6. The number of nitrogens with zero attached hydrogens (tertiary/aromatic N) is 2. The van der Waals surface area contributed by atoms with Gasteiger partial charge in [0.15, 0.2) is 0 Å². The van der Waals surface area contributed by atoms with Gasteiger partial charge in [0, 0.05) is 42.9 Å². The van der Waals surface area contributed by atoms with Crippen molar-refractivity contribution in [2.24, 2.45) is 5.92 Å². The van der Waals surface area contributed by atoms with Gasteiger partial charge in [0.1, 0.15) is 11.5 Å². The van der Waals surface area contributed by atoms with Crippen molar-refractivity contribution in [1.29, 1.82) is 0 Å². The van der Waals surface area contributed by atoms with Crippen LogP contribution >= 0.6 is 0 Å². The van der Waals surface area contributed by atoms with Crippen LogP contribution in [0.5, 0.6) is 11.5 Å². The number of methoxy groups -OCH3 is 2. The molecule has 2 aromatic carbocycles. The van der Waals surface area contributed by atoms with E-state index in [4.69, 9.17) is 9.47 Å². The van der Waals surface area contributed by atoms with Gasteiger partial charge in [-0.25, -0.2) is 0 Å². The maximum atomic E-state index is 13.0. The lowest BCUT2D eigenvalue weighted by Crippen LogP contribution is -2.41. The molecule has 1 fully saturated rings. The van der Waals surface area contributed by atoms with Crippen molar-refractivity contribution in [2.45, 2.75) is 33.2 Å². The monoisotopic (exact) mass is 453 g/mol. The topological polar surface area (TPSA) is 71.1 Å². The first kappa shape index (κ1) is 24.6. The summed E-state index contributed by atoms with van der Waals surface area (Å²) >= 11 is 0. The van der Waals surface area contributed by atoms with Gasteiger partial charge < -0.3 is 19.7 Å². The van der Waals surface area contributed by atoms with Crippen molar-refractivity contribution in [2.75, 3.05) is 45.7 Å². The van der Waals surface area contributed by atoms with Gasteiger partial charge in [-0.3, -0.25) is 14.5 Å². The van der Waals surface area contributed by atoms with E-state index in [0.717, 1.165) is 25.3 Å². The minimum atomic E-state index is -0.111. The number of hydrogen-bond acceptors (Lipinski definition) is 5. The number of benzene rings is 2. The van der Waals surface area contributed by atoms with Crippen molar-refractivity contribution >= 4 is 17.5 Å². The first-order chi connectivity index (χ1) is 16.0. The van der Waals surface area contributed by atoms with E-state index < -0.39 is 0 Å². The summed E-state index contributed by atoms with van der Waals surface area (Å²) in [5.74, 6) is 0.992. The molecular formula is C26H35N3O4. The molecule has 0 saturated carbocycles. The average Bonchev–Trinajstić information content (AvgIpc) is 2.86. The molecule has 7 heteroatoms. The van der Waals surface area contributed by atoms with E-state index in [1.165, 1.54) is 5.56 Å². The van der Waals surface area contributed by atoms with E-state index in [0.29, 0.717) is 43.0 Å². The molecule has 1 saturated heterocycles. The fourth-order valence-corrected chi connectivity index (χ4v) is 4.16. The molecule has 1 aliphatic heterocycles. The summed E-state index contributed by atoms with van der Waals surface area (Å²) in [6, 6.07) is 13.2. The largest absolute Gasteiger partial charge is 0.497 e. The summed E-state index contributed by atoms with van der Waals surface area (Å²) in [4.78, 5) is 30.0. The predicted molar refractivity (Wildman–Crippen MR) is 130 cm³/mol. The number of hydrogen-bond donors (Lipinski definition) is 1. The van der Waals surface area contributed by atoms with E-state index in [1.54, 1.807) is 37.3 Å². The smallest absolute Gasteiger partial charge is 0.254 e. The second-order valence-electron chi connectivity index (χ2n) is 8.32. The molecular weight excluding hydrogens is 418 g/mol. The molecule has 1 heterocycles. The third-order valence-electron chi connectivity index (χ3n) is 6.25. The number of carbonyl (C=O) groups is 2. The van der Waals surface area contributed by atoms with Crippen LogP contribution in [0.15, 0.2) is 42.5 Å². The van der Waals surface area contributed by atoms with Crippen LogP contribution in [0.4, 0.5) is 5.69 Å². The Morgan fingerprint density at radius 2 is 1.64 bits per heavy atom. The van der Waals surface area contributed by atoms with Gasteiger partial charge >= 0.3 is 0 Å². The molecule has 0 aromatic heterocycles. The van der Waals surface area contributed by atoms with Crippen LogP contribution in [0.25, 0.3) is 0 Å². The standard InChI is InChI=1S/C26H35N3O4/c1-5-28(6-2)18-19-8-7-9-22(14-19)27-25(30)20-10-12-29(13-11-20)26(31)21-15-23(32-3)17-24(16-21)33-4/h7-9,14-17,20H,5-6,10-13,18H2,1-4H3,(H,27,30). The first-order valence-corrected chi connectivity index (χ1v) is 11.6. The van der Waals surface area contributed by atoms with Crippen molar-refractivity contribution < 1.29 is 19.1 Å². The zero-order valence-electron chi connectivity index (χ0n) is 20.1. The van der Waals surface area contributed by atoms with Crippen molar-refractivity contribution in [1.82, 2.24) is 9.80 Å². The number of ether oxygens (including phenoxy) is 2. The summed E-state index contributed by atoms with van der Waals surface area (Å²) in [6.07, 6.45) is 1.27. The second-order valence-corrected chi connectivity index (χ2v) is 8.32. The fraction of sp³-hybridized carbons (Fsp3) is 0.462. The maximum absolute atomic E-state index is 13.0. The molecule has 0 aliphatic carbocycles. The van der Waals surface area contributed by atoms with Crippen LogP contribution in [0.2, 0.25) is 0 Å². The zero-order chi connectivity index (χ0) is 23.8. The third-order valence-corrected chi connectivity index (χ3v) is 6.25. The Bertz CT molecular complexity index is 928. The molecule has 178 valence electrons. The lowest BCUT2D eigenvalue weighted by Gasteiger charge is -2.31. The Hall–Kier alpha value is -3.06. The minimum absolute atomic E-state index is 0.0186. The number of anilines is 1. The van der Waals surface area contributed by atoms with Crippen LogP contribution in [-0.4, -0.2) is 62.0 Å². The number of rotatable bonds is 9. The van der Waals surface area contributed by atoms with Crippen molar-refractivity contribution in [3.63, 3.8) is 0 Å². The van der Waals surface area contributed by atoms with E-state index in [9.17, 15) is 9.59 Å². The number of nitrogens with one attached hydrogen (secondary N) is 1. The van der Waals surface area contributed by atoms with Gasteiger partial charge in [-0.1, -0.05) is 26.0 Å². The lowest BCUT2D eigenvalue weighted by atomic mass is 9.95. The van der Waals surface area contributed by atoms with Crippen LogP contribution in [0.1, 0.15) is 42.6 Å². The molecule has 2 amide bonds. The fourth-order valence-electron chi connectivity index (χ4n) is 4.16. The molecule has 0 unspecified atom stereocenters. The van der Waals surface area contributed by atoms with Gasteiger partial charge in [0.2, 0.25) is 5.91 Å². The van der Waals surface area contributed by atoms with Gasteiger partial charge in [-0.2, -0.15) is 0 Å².